The zero-order valence-corrected chi connectivity index (χ0v) is 8.64. The van der Waals surface area contributed by atoms with Crippen molar-refractivity contribution in [3.63, 3.8) is 0 Å². The standard InChI is InChI=1S/C10H13N3O2/c1-13(2)10(14)9-5-3-8(4-6-9)7-11-12-15/h3-7,12,15H,1-2H3. The van der Waals surface area contributed by atoms with Crippen LogP contribution in [-0.2, 0) is 0 Å². The maximum absolute atomic E-state index is 11.5. The van der Waals surface area contributed by atoms with Gasteiger partial charge in [-0.1, -0.05) is 12.1 Å². The Kier molecular flexibility index (Phi) is 3.82. The van der Waals surface area contributed by atoms with Crippen molar-refractivity contribution in [3.8, 4) is 0 Å². The molecule has 0 aliphatic rings. The summed E-state index contributed by atoms with van der Waals surface area (Å²) in [5.41, 5.74) is 3.08. The van der Waals surface area contributed by atoms with E-state index in [2.05, 4.69) is 5.10 Å². The summed E-state index contributed by atoms with van der Waals surface area (Å²) in [7, 11) is 3.40. The predicted molar refractivity (Wildman–Crippen MR) is 57.0 cm³/mol. The highest BCUT2D eigenvalue weighted by molar-refractivity contribution is 5.94. The van der Waals surface area contributed by atoms with E-state index in [4.69, 9.17) is 5.21 Å². The average molecular weight is 207 g/mol. The van der Waals surface area contributed by atoms with E-state index in [-0.39, 0.29) is 5.91 Å². The van der Waals surface area contributed by atoms with Gasteiger partial charge in [-0.05, 0) is 17.7 Å². The molecule has 0 atom stereocenters. The second kappa shape index (κ2) is 5.11. The zero-order valence-electron chi connectivity index (χ0n) is 8.64. The molecule has 0 unspecified atom stereocenters. The molecule has 0 saturated carbocycles. The fourth-order valence-corrected chi connectivity index (χ4v) is 1.07. The first kappa shape index (κ1) is 11.2. The van der Waals surface area contributed by atoms with E-state index in [0.29, 0.717) is 5.56 Å². The molecule has 0 heterocycles. The summed E-state index contributed by atoms with van der Waals surface area (Å²) in [6.07, 6.45) is 1.45. The van der Waals surface area contributed by atoms with Crippen LogP contribution in [0.15, 0.2) is 29.4 Å². The van der Waals surface area contributed by atoms with Crippen LogP contribution in [-0.4, -0.2) is 36.3 Å². The van der Waals surface area contributed by atoms with Crippen molar-refractivity contribution >= 4 is 12.1 Å². The van der Waals surface area contributed by atoms with E-state index in [1.165, 1.54) is 11.1 Å². The van der Waals surface area contributed by atoms with Crippen LogP contribution in [0, 0.1) is 0 Å². The first-order valence-corrected chi connectivity index (χ1v) is 4.39. The Morgan fingerprint density at radius 3 is 2.47 bits per heavy atom. The number of carbonyl (C=O) groups excluding carboxylic acids is 1. The average Bonchev–Trinajstić information content (AvgIpc) is 2.26. The molecular weight excluding hydrogens is 194 g/mol. The van der Waals surface area contributed by atoms with Gasteiger partial charge < -0.3 is 4.90 Å². The van der Waals surface area contributed by atoms with E-state index in [9.17, 15) is 4.79 Å². The SMILES string of the molecule is CN(C)C(=O)c1ccc(C=NNO)cc1. The smallest absolute Gasteiger partial charge is 0.253 e. The summed E-state index contributed by atoms with van der Waals surface area (Å²) in [4.78, 5) is 13.0. The van der Waals surface area contributed by atoms with Gasteiger partial charge in [0.05, 0.1) is 6.21 Å². The van der Waals surface area contributed by atoms with Gasteiger partial charge in [0.2, 0.25) is 0 Å². The number of carbonyl (C=O) groups is 1. The largest absolute Gasteiger partial charge is 0.345 e. The summed E-state index contributed by atoms with van der Waals surface area (Å²) >= 11 is 0. The Hall–Kier alpha value is -1.88. The third kappa shape index (κ3) is 3.07. The van der Waals surface area contributed by atoms with Crippen LogP contribution >= 0.6 is 0 Å². The quantitative estimate of drug-likeness (QED) is 0.566. The molecule has 0 aliphatic carbocycles. The molecule has 1 rings (SSSR count). The Morgan fingerprint density at radius 1 is 1.40 bits per heavy atom. The maximum atomic E-state index is 11.5. The van der Waals surface area contributed by atoms with E-state index in [0.717, 1.165) is 5.56 Å². The van der Waals surface area contributed by atoms with Crippen LogP contribution < -0.4 is 5.59 Å². The lowest BCUT2D eigenvalue weighted by Gasteiger charge is -2.09. The van der Waals surface area contributed by atoms with E-state index in [1.54, 1.807) is 43.9 Å². The van der Waals surface area contributed by atoms with Gasteiger partial charge in [-0.2, -0.15) is 10.7 Å². The molecule has 5 heteroatoms. The zero-order chi connectivity index (χ0) is 11.3. The van der Waals surface area contributed by atoms with Gasteiger partial charge in [0.1, 0.15) is 0 Å². The number of nitrogens with one attached hydrogen (secondary N) is 1. The molecule has 0 fully saturated rings. The fourth-order valence-electron chi connectivity index (χ4n) is 1.07. The number of nitrogens with zero attached hydrogens (tertiary/aromatic N) is 2. The van der Waals surface area contributed by atoms with Gasteiger partial charge in [0, 0.05) is 19.7 Å². The number of rotatable bonds is 3. The first-order valence-electron chi connectivity index (χ1n) is 4.39. The third-order valence-electron chi connectivity index (χ3n) is 1.84. The number of hydrogen-bond acceptors (Lipinski definition) is 4. The second-order valence-corrected chi connectivity index (χ2v) is 3.18. The molecule has 0 aliphatic heterocycles. The van der Waals surface area contributed by atoms with Crippen molar-refractivity contribution < 1.29 is 10.0 Å². The lowest BCUT2D eigenvalue weighted by atomic mass is 10.1. The summed E-state index contributed by atoms with van der Waals surface area (Å²) in [6, 6.07) is 6.91. The summed E-state index contributed by atoms with van der Waals surface area (Å²) in [6.45, 7) is 0. The first-order chi connectivity index (χ1) is 7.15. The van der Waals surface area contributed by atoms with Crippen LogP contribution in [0.4, 0.5) is 0 Å². The van der Waals surface area contributed by atoms with Crippen molar-refractivity contribution in [2.75, 3.05) is 14.1 Å². The van der Waals surface area contributed by atoms with Gasteiger partial charge in [-0.15, -0.1) is 0 Å². The van der Waals surface area contributed by atoms with Gasteiger partial charge in [0.25, 0.3) is 5.91 Å². The minimum Gasteiger partial charge on any atom is -0.345 e. The summed E-state index contributed by atoms with van der Waals surface area (Å²) < 4.78 is 0. The number of hydrogen-bond donors (Lipinski definition) is 2. The van der Waals surface area contributed by atoms with E-state index >= 15 is 0 Å². The van der Waals surface area contributed by atoms with Gasteiger partial charge in [0.15, 0.2) is 0 Å². The lowest BCUT2D eigenvalue weighted by Crippen LogP contribution is -2.21. The van der Waals surface area contributed by atoms with Crippen molar-refractivity contribution in [1.82, 2.24) is 10.5 Å². The molecule has 15 heavy (non-hydrogen) atoms. The Labute approximate surface area is 88.0 Å². The Morgan fingerprint density at radius 2 is 2.00 bits per heavy atom. The molecule has 0 saturated heterocycles. The maximum Gasteiger partial charge on any atom is 0.253 e. The minimum atomic E-state index is -0.0428. The van der Waals surface area contributed by atoms with E-state index < -0.39 is 0 Å². The lowest BCUT2D eigenvalue weighted by molar-refractivity contribution is 0.0827. The minimum absolute atomic E-state index is 0.0428. The normalized spacial score (nSPS) is 10.3. The van der Waals surface area contributed by atoms with E-state index in [1.807, 2.05) is 0 Å². The fraction of sp³-hybridized carbons (Fsp3) is 0.200. The van der Waals surface area contributed by atoms with Gasteiger partial charge in [-0.3, -0.25) is 10.0 Å². The van der Waals surface area contributed by atoms with Gasteiger partial charge >= 0.3 is 0 Å². The molecule has 0 bridgehead atoms. The van der Waals surface area contributed by atoms with Crippen molar-refractivity contribution in [3.05, 3.63) is 35.4 Å². The molecule has 80 valence electrons. The highest BCUT2D eigenvalue weighted by atomic mass is 16.5. The molecule has 5 nitrogen and oxygen atoms in total. The molecule has 1 aromatic rings. The summed E-state index contributed by atoms with van der Waals surface area (Å²) in [5, 5.41) is 11.7. The Balaban J connectivity index is 2.81. The Bertz CT molecular complexity index is 357. The third-order valence-corrected chi connectivity index (χ3v) is 1.84. The topological polar surface area (TPSA) is 64.9 Å². The number of amides is 1. The van der Waals surface area contributed by atoms with Crippen LogP contribution in [0.3, 0.4) is 0 Å². The molecule has 1 amide bonds. The number of benzene rings is 1. The van der Waals surface area contributed by atoms with Crippen molar-refractivity contribution in [2.24, 2.45) is 5.10 Å². The molecule has 1 aromatic carbocycles. The number of hydrazone groups is 1. The highest BCUT2D eigenvalue weighted by Crippen LogP contribution is 2.04. The summed E-state index contributed by atoms with van der Waals surface area (Å²) in [5.74, 6) is -0.0428. The van der Waals surface area contributed by atoms with Crippen molar-refractivity contribution in [2.45, 2.75) is 0 Å². The molecular formula is C10H13N3O2. The monoisotopic (exact) mass is 207 g/mol. The van der Waals surface area contributed by atoms with Crippen LogP contribution in [0.2, 0.25) is 0 Å². The second-order valence-electron chi connectivity index (χ2n) is 3.18. The molecule has 0 aromatic heterocycles. The predicted octanol–water partition coefficient (Wildman–Crippen LogP) is 0.701. The van der Waals surface area contributed by atoms with Crippen LogP contribution in [0.25, 0.3) is 0 Å². The molecule has 0 radical (unpaired) electrons. The molecule has 0 spiro atoms. The highest BCUT2D eigenvalue weighted by Gasteiger charge is 2.06. The van der Waals surface area contributed by atoms with Crippen LogP contribution in [0.1, 0.15) is 15.9 Å². The van der Waals surface area contributed by atoms with Crippen molar-refractivity contribution in [1.29, 1.82) is 0 Å². The molecule has 2 N–H and O–H groups in total. The van der Waals surface area contributed by atoms with Crippen LogP contribution in [0.5, 0.6) is 0 Å². The van der Waals surface area contributed by atoms with Gasteiger partial charge in [-0.25, -0.2) is 0 Å².